The lowest BCUT2D eigenvalue weighted by Crippen LogP contribution is -2.35. The summed E-state index contributed by atoms with van der Waals surface area (Å²) in [6.45, 7) is 6.14. The number of rotatable bonds is 12. The predicted octanol–water partition coefficient (Wildman–Crippen LogP) is 2.50. The van der Waals surface area contributed by atoms with Gasteiger partial charge in [0.15, 0.2) is 5.52 Å². The fourth-order valence-electron chi connectivity index (χ4n) is 3.77. The third kappa shape index (κ3) is 5.48. The minimum Gasteiger partial charge on any atom is -0.493 e. The monoisotopic (exact) mass is 491 g/mol. The number of H-pyrrole nitrogens is 1. The number of benzene rings is 1. The summed E-state index contributed by atoms with van der Waals surface area (Å²) in [4.78, 5) is 20.4. The molecule has 1 aromatic carbocycles. The lowest BCUT2D eigenvalue weighted by Gasteiger charge is -2.17. The molecule has 0 amide bonds. The van der Waals surface area contributed by atoms with Crippen LogP contribution in [0.5, 0.6) is 5.75 Å². The zero-order valence-electron chi connectivity index (χ0n) is 20.1. The average Bonchev–Trinajstić information content (AvgIpc) is 3.12. The van der Waals surface area contributed by atoms with Gasteiger partial charge in [0.2, 0.25) is 10.0 Å². The molecule has 2 heterocycles. The number of ether oxygens (including phenoxy) is 1. The molecule has 0 radical (unpaired) electrons. The average molecular weight is 492 g/mol. The van der Waals surface area contributed by atoms with Crippen LogP contribution in [-0.4, -0.2) is 52.5 Å². The van der Waals surface area contributed by atoms with Gasteiger partial charge in [0.05, 0.1) is 22.8 Å². The van der Waals surface area contributed by atoms with Gasteiger partial charge in [-0.05, 0) is 43.9 Å². The second-order valence-electron chi connectivity index (χ2n) is 8.18. The lowest BCUT2D eigenvalue weighted by atomic mass is 10.1. The topological polar surface area (TPSA) is 139 Å². The van der Waals surface area contributed by atoms with E-state index in [1.165, 1.54) is 16.8 Å². The van der Waals surface area contributed by atoms with E-state index in [0.717, 1.165) is 12.8 Å². The number of fused-ring (bicyclic) bond motifs is 1. The standard InChI is InChI=1S/C23H33N5O5S/c1-5-8-18-20-21(28(4)26-18)23(30)25-22(24-20)17-14-16(9-10-19(17)33-13-6-2)34(31,32)27-15(7-3)11-12-29/h9-10,14-15,27,29H,5-8,11-13H2,1-4H3,(H,24,25,30). The highest BCUT2D eigenvalue weighted by molar-refractivity contribution is 7.89. The van der Waals surface area contributed by atoms with Gasteiger partial charge < -0.3 is 14.8 Å². The minimum absolute atomic E-state index is 0.0189. The van der Waals surface area contributed by atoms with Gasteiger partial charge in [-0.3, -0.25) is 9.48 Å². The van der Waals surface area contributed by atoms with Crippen LogP contribution >= 0.6 is 0 Å². The number of aromatic amines is 1. The summed E-state index contributed by atoms with van der Waals surface area (Å²) in [5, 5.41) is 13.7. The van der Waals surface area contributed by atoms with Gasteiger partial charge in [-0.25, -0.2) is 18.1 Å². The molecule has 0 saturated carbocycles. The van der Waals surface area contributed by atoms with Gasteiger partial charge in [-0.1, -0.05) is 27.2 Å². The summed E-state index contributed by atoms with van der Waals surface area (Å²) in [7, 11) is -2.18. The number of nitrogens with zero attached hydrogens (tertiary/aromatic N) is 3. The van der Waals surface area contributed by atoms with E-state index in [0.29, 0.717) is 53.9 Å². The van der Waals surface area contributed by atoms with E-state index in [1.807, 2.05) is 20.8 Å². The number of hydrogen-bond acceptors (Lipinski definition) is 7. The van der Waals surface area contributed by atoms with Gasteiger partial charge >= 0.3 is 0 Å². The van der Waals surface area contributed by atoms with E-state index >= 15 is 0 Å². The van der Waals surface area contributed by atoms with Crippen molar-refractivity contribution in [2.45, 2.75) is 63.8 Å². The quantitative estimate of drug-likeness (QED) is 0.354. The molecular formula is C23H33N5O5S. The first kappa shape index (κ1) is 25.9. The van der Waals surface area contributed by atoms with Crippen LogP contribution in [0, 0.1) is 0 Å². The molecule has 3 rings (SSSR count). The molecule has 2 aromatic heterocycles. The summed E-state index contributed by atoms with van der Waals surface area (Å²) in [5.41, 5.74) is 1.58. The van der Waals surface area contributed by atoms with Crippen LogP contribution in [-0.2, 0) is 23.5 Å². The van der Waals surface area contributed by atoms with E-state index in [-0.39, 0.29) is 22.9 Å². The molecule has 0 aliphatic carbocycles. The van der Waals surface area contributed by atoms with Gasteiger partial charge in [0.1, 0.15) is 17.1 Å². The minimum atomic E-state index is -3.88. The fraction of sp³-hybridized carbons (Fsp3) is 0.522. The molecule has 10 nitrogen and oxygen atoms in total. The molecular weight excluding hydrogens is 458 g/mol. The van der Waals surface area contributed by atoms with Crippen molar-refractivity contribution in [3.63, 3.8) is 0 Å². The zero-order chi connectivity index (χ0) is 24.9. The van der Waals surface area contributed by atoms with E-state index in [1.54, 1.807) is 13.1 Å². The molecule has 0 bridgehead atoms. The Morgan fingerprint density at radius 2 is 2.00 bits per heavy atom. The number of sulfonamides is 1. The molecule has 11 heteroatoms. The third-order valence-corrected chi connectivity index (χ3v) is 7.04. The van der Waals surface area contributed by atoms with Crippen molar-refractivity contribution < 1.29 is 18.3 Å². The van der Waals surface area contributed by atoms with E-state index < -0.39 is 16.1 Å². The summed E-state index contributed by atoms with van der Waals surface area (Å²) in [6.07, 6.45) is 3.11. The normalized spacial score (nSPS) is 12.9. The Bertz CT molecular complexity index is 1300. The van der Waals surface area contributed by atoms with Crippen molar-refractivity contribution in [3.05, 3.63) is 34.2 Å². The molecule has 0 aliphatic heterocycles. The van der Waals surface area contributed by atoms with Crippen molar-refractivity contribution in [2.24, 2.45) is 7.05 Å². The molecule has 0 spiro atoms. The molecule has 186 valence electrons. The Morgan fingerprint density at radius 1 is 1.24 bits per heavy atom. The number of hydrogen-bond donors (Lipinski definition) is 3. The Balaban J connectivity index is 2.16. The number of aliphatic hydroxyl groups is 1. The maximum Gasteiger partial charge on any atom is 0.277 e. The summed E-state index contributed by atoms with van der Waals surface area (Å²) >= 11 is 0. The van der Waals surface area contributed by atoms with Crippen LogP contribution in [0.2, 0.25) is 0 Å². The zero-order valence-corrected chi connectivity index (χ0v) is 20.9. The number of aryl methyl sites for hydroxylation is 2. The lowest BCUT2D eigenvalue weighted by molar-refractivity contribution is 0.270. The summed E-state index contributed by atoms with van der Waals surface area (Å²) < 4.78 is 36.1. The third-order valence-electron chi connectivity index (χ3n) is 5.52. The van der Waals surface area contributed by atoms with Crippen molar-refractivity contribution in [1.82, 2.24) is 24.5 Å². The molecule has 1 atom stereocenters. The first-order valence-corrected chi connectivity index (χ1v) is 13.1. The van der Waals surface area contributed by atoms with Crippen LogP contribution in [0.25, 0.3) is 22.4 Å². The Morgan fingerprint density at radius 3 is 2.65 bits per heavy atom. The van der Waals surface area contributed by atoms with Crippen LogP contribution in [0.1, 0.15) is 52.1 Å². The molecule has 3 N–H and O–H groups in total. The van der Waals surface area contributed by atoms with Crippen LogP contribution in [0.3, 0.4) is 0 Å². The highest BCUT2D eigenvalue weighted by atomic mass is 32.2. The van der Waals surface area contributed by atoms with Crippen molar-refractivity contribution in [3.8, 4) is 17.1 Å². The number of aliphatic hydroxyl groups excluding tert-OH is 1. The van der Waals surface area contributed by atoms with Gasteiger partial charge in [0.25, 0.3) is 5.56 Å². The summed E-state index contributed by atoms with van der Waals surface area (Å²) in [5.74, 6) is 0.639. The Labute approximate surface area is 199 Å². The first-order valence-electron chi connectivity index (χ1n) is 11.6. The van der Waals surface area contributed by atoms with Crippen molar-refractivity contribution >= 4 is 21.1 Å². The largest absolute Gasteiger partial charge is 0.493 e. The molecule has 0 aliphatic rings. The first-order chi connectivity index (χ1) is 16.2. The van der Waals surface area contributed by atoms with Crippen LogP contribution in [0.4, 0.5) is 0 Å². The van der Waals surface area contributed by atoms with Gasteiger partial charge in [-0.15, -0.1) is 0 Å². The molecule has 0 saturated heterocycles. The van der Waals surface area contributed by atoms with Gasteiger partial charge in [0, 0.05) is 19.7 Å². The maximum absolute atomic E-state index is 13.1. The molecule has 34 heavy (non-hydrogen) atoms. The highest BCUT2D eigenvalue weighted by Crippen LogP contribution is 2.31. The second kappa shape index (κ2) is 11.1. The molecule has 3 aromatic rings. The molecule has 0 fully saturated rings. The fourth-order valence-corrected chi connectivity index (χ4v) is 5.15. The van der Waals surface area contributed by atoms with E-state index in [4.69, 9.17) is 4.74 Å². The number of aromatic nitrogens is 4. The summed E-state index contributed by atoms with van der Waals surface area (Å²) in [6, 6.07) is 4.10. The van der Waals surface area contributed by atoms with Crippen LogP contribution in [0.15, 0.2) is 27.9 Å². The second-order valence-corrected chi connectivity index (χ2v) is 9.89. The maximum atomic E-state index is 13.1. The predicted molar refractivity (Wildman–Crippen MR) is 130 cm³/mol. The Hall–Kier alpha value is -2.76. The SMILES string of the molecule is CCCOc1ccc(S(=O)(=O)NC(CC)CCO)cc1-c1nc2c(CCC)nn(C)c2c(=O)[nH]1. The van der Waals surface area contributed by atoms with Crippen molar-refractivity contribution in [1.29, 1.82) is 0 Å². The smallest absolute Gasteiger partial charge is 0.277 e. The van der Waals surface area contributed by atoms with E-state index in [9.17, 15) is 18.3 Å². The molecule has 1 unspecified atom stereocenters. The van der Waals surface area contributed by atoms with Crippen molar-refractivity contribution in [2.75, 3.05) is 13.2 Å². The highest BCUT2D eigenvalue weighted by Gasteiger charge is 2.23. The number of nitrogens with one attached hydrogen (secondary N) is 2. The van der Waals surface area contributed by atoms with E-state index in [2.05, 4.69) is 19.8 Å². The van der Waals surface area contributed by atoms with Crippen LogP contribution < -0.4 is 15.0 Å². The Kier molecular flexibility index (Phi) is 8.45. The van der Waals surface area contributed by atoms with Gasteiger partial charge in [-0.2, -0.15) is 5.10 Å².